The normalized spacial score (nSPS) is 21.6. The Morgan fingerprint density at radius 3 is 2.67 bits per heavy atom. The van der Waals surface area contributed by atoms with E-state index < -0.39 is 0 Å². The molecule has 0 heterocycles. The van der Waals surface area contributed by atoms with Gasteiger partial charge >= 0.3 is 0 Å². The predicted molar refractivity (Wildman–Crippen MR) is 86.2 cm³/mol. The predicted octanol–water partition coefficient (Wildman–Crippen LogP) is 2.94. The van der Waals surface area contributed by atoms with Crippen molar-refractivity contribution in [2.24, 2.45) is 17.6 Å². The molecule has 0 spiro atoms. The first kappa shape index (κ1) is 14.1. The average Bonchev–Trinajstić information content (AvgIpc) is 2.99. The van der Waals surface area contributed by atoms with Gasteiger partial charge in [0.1, 0.15) is 0 Å². The maximum atomic E-state index is 12.3. The van der Waals surface area contributed by atoms with Gasteiger partial charge in [-0.1, -0.05) is 36.8 Å². The van der Waals surface area contributed by atoms with Crippen LogP contribution in [-0.2, 0) is 0 Å². The Kier molecular flexibility index (Phi) is 4.20. The quantitative estimate of drug-likeness (QED) is 0.906. The van der Waals surface area contributed by atoms with Gasteiger partial charge in [-0.3, -0.25) is 4.79 Å². The van der Waals surface area contributed by atoms with Crippen molar-refractivity contribution in [1.29, 1.82) is 0 Å². The highest BCUT2D eigenvalue weighted by Gasteiger charge is 2.26. The summed E-state index contributed by atoms with van der Waals surface area (Å²) in [5.41, 5.74) is 6.52. The smallest absolute Gasteiger partial charge is 0.251 e. The molecule has 3 heteroatoms. The van der Waals surface area contributed by atoms with Gasteiger partial charge in [0, 0.05) is 12.1 Å². The topological polar surface area (TPSA) is 55.1 Å². The Morgan fingerprint density at radius 2 is 1.86 bits per heavy atom. The molecule has 2 atom stereocenters. The van der Waals surface area contributed by atoms with Gasteiger partial charge in [0.15, 0.2) is 0 Å². The van der Waals surface area contributed by atoms with E-state index in [0.29, 0.717) is 11.8 Å². The Hall–Kier alpha value is -1.87. The van der Waals surface area contributed by atoms with Gasteiger partial charge in [-0.2, -0.15) is 0 Å². The zero-order valence-corrected chi connectivity index (χ0v) is 12.2. The van der Waals surface area contributed by atoms with Crippen molar-refractivity contribution in [3.05, 3.63) is 48.0 Å². The van der Waals surface area contributed by atoms with E-state index >= 15 is 0 Å². The second-order valence-electron chi connectivity index (χ2n) is 5.96. The second kappa shape index (κ2) is 6.27. The lowest BCUT2D eigenvalue weighted by molar-refractivity contribution is 0.0944. The van der Waals surface area contributed by atoms with Crippen LogP contribution in [0.3, 0.4) is 0 Å². The number of amides is 1. The Morgan fingerprint density at radius 1 is 1.10 bits per heavy atom. The summed E-state index contributed by atoms with van der Waals surface area (Å²) in [6, 6.07) is 14.0. The number of carbonyl (C=O) groups is 1. The van der Waals surface area contributed by atoms with Crippen LogP contribution in [0.5, 0.6) is 0 Å². The van der Waals surface area contributed by atoms with Crippen LogP contribution in [0.15, 0.2) is 42.5 Å². The lowest BCUT2D eigenvalue weighted by atomic mass is 9.96. The minimum atomic E-state index is 0.0171. The fraction of sp³-hybridized carbons (Fsp3) is 0.389. The zero-order valence-electron chi connectivity index (χ0n) is 12.2. The largest absolute Gasteiger partial charge is 0.352 e. The van der Waals surface area contributed by atoms with Crippen molar-refractivity contribution in [2.45, 2.75) is 19.3 Å². The lowest BCUT2D eigenvalue weighted by Crippen LogP contribution is -2.32. The van der Waals surface area contributed by atoms with Crippen LogP contribution in [0.2, 0.25) is 0 Å². The molecule has 1 aliphatic carbocycles. The van der Waals surface area contributed by atoms with Crippen LogP contribution < -0.4 is 11.1 Å². The van der Waals surface area contributed by atoms with Crippen LogP contribution in [0.1, 0.15) is 29.6 Å². The van der Waals surface area contributed by atoms with Crippen LogP contribution >= 0.6 is 0 Å². The number of fused-ring (bicyclic) bond motifs is 1. The molecule has 1 fully saturated rings. The molecule has 0 radical (unpaired) electrons. The molecule has 0 aromatic heterocycles. The molecule has 0 bridgehead atoms. The third-order valence-corrected chi connectivity index (χ3v) is 4.66. The van der Waals surface area contributed by atoms with Gasteiger partial charge in [0.25, 0.3) is 5.91 Å². The standard InChI is InChI=1S/C18H22N2O/c19-11-16-6-3-7-17(16)12-20-18(21)15-9-8-13-4-1-2-5-14(13)10-15/h1-2,4-5,8-10,16-17H,3,6-7,11-12,19H2,(H,20,21). The molecule has 3 nitrogen and oxygen atoms in total. The van der Waals surface area contributed by atoms with Crippen molar-refractivity contribution in [2.75, 3.05) is 13.1 Å². The molecule has 3 N–H and O–H groups in total. The molecule has 110 valence electrons. The van der Waals surface area contributed by atoms with E-state index in [2.05, 4.69) is 11.4 Å². The van der Waals surface area contributed by atoms with Crippen LogP contribution in [0.25, 0.3) is 10.8 Å². The summed E-state index contributed by atoms with van der Waals surface area (Å²) in [4.78, 5) is 12.3. The highest BCUT2D eigenvalue weighted by Crippen LogP contribution is 2.30. The van der Waals surface area contributed by atoms with E-state index in [0.717, 1.165) is 29.4 Å². The molecule has 3 rings (SSSR count). The highest BCUT2D eigenvalue weighted by molar-refractivity contribution is 5.98. The van der Waals surface area contributed by atoms with Crippen LogP contribution in [0, 0.1) is 11.8 Å². The molecule has 1 amide bonds. The number of nitrogens with one attached hydrogen (secondary N) is 1. The van der Waals surface area contributed by atoms with Gasteiger partial charge in [0.05, 0.1) is 0 Å². The summed E-state index contributed by atoms with van der Waals surface area (Å²) in [7, 11) is 0. The van der Waals surface area contributed by atoms with Crippen LogP contribution in [0.4, 0.5) is 0 Å². The molecule has 1 aliphatic rings. The number of hydrogen-bond acceptors (Lipinski definition) is 2. The monoisotopic (exact) mass is 282 g/mol. The average molecular weight is 282 g/mol. The van der Waals surface area contributed by atoms with E-state index in [9.17, 15) is 4.79 Å². The van der Waals surface area contributed by atoms with Crippen molar-refractivity contribution in [3.63, 3.8) is 0 Å². The number of nitrogens with two attached hydrogens (primary N) is 1. The number of carbonyl (C=O) groups excluding carboxylic acids is 1. The van der Waals surface area contributed by atoms with Crippen molar-refractivity contribution < 1.29 is 4.79 Å². The summed E-state index contributed by atoms with van der Waals surface area (Å²) in [6.45, 7) is 1.48. The fourth-order valence-electron chi connectivity index (χ4n) is 3.35. The van der Waals surface area contributed by atoms with Crippen molar-refractivity contribution in [3.8, 4) is 0 Å². The molecule has 21 heavy (non-hydrogen) atoms. The Balaban J connectivity index is 1.66. The Bertz CT molecular complexity index is 638. The maximum absolute atomic E-state index is 12.3. The number of rotatable bonds is 4. The molecule has 0 saturated heterocycles. The zero-order chi connectivity index (χ0) is 14.7. The number of benzene rings is 2. The summed E-state index contributed by atoms with van der Waals surface area (Å²) < 4.78 is 0. The van der Waals surface area contributed by atoms with Gasteiger partial charge in [-0.05, 0) is 54.1 Å². The third kappa shape index (κ3) is 3.08. The summed E-state index contributed by atoms with van der Waals surface area (Å²) in [5.74, 6) is 1.13. The Labute approximate surface area is 125 Å². The molecule has 2 aromatic rings. The summed E-state index contributed by atoms with van der Waals surface area (Å²) in [5, 5.41) is 5.34. The van der Waals surface area contributed by atoms with Gasteiger partial charge < -0.3 is 11.1 Å². The van der Waals surface area contributed by atoms with Crippen molar-refractivity contribution >= 4 is 16.7 Å². The third-order valence-electron chi connectivity index (χ3n) is 4.66. The molecule has 0 aliphatic heterocycles. The lowest BCUT2D eigenvalue weighted by Gasteiger charge is -2.18. The number of hydrogen-bond donors (Lipinski definition) is 2. The molecule has 1 saturated carbocycles. The van der Waals surface area contributed by atoms with E-state index in [1.807, 2.05) is 36.4 Å². The maximum Gasteiger partial charge on any atom is 0.251 e. The van der Waals surface area contributed by atoms with E-state index in [-0.39, 0.29) is 5.91 Å². The summed E-state index contributed by atoms with van der Waals surface area (Å²) in [6.07, 6.45) is 3.62. The molecule has 2 aromatic carbocycles. The van der Waals surface area contributed by atoms with E-state index in [4.69, 9.17) is 5.73 Å². The van der Waals surface area contributed by atoms with E-state index in [1.165, 1.54) is 19.3 Å². The summed E-state index contributed by atoms with van der Waals surface area (Å²) >= 11 is 0. The van der Waals surface area contributed by atoms with E-state index in [1.54, 1.807) is 0 Å². The first-order chi connectivity index (χ1) is 10.3. The highest BCUT2D eigenvalue weighted by atomic mass is 16.1. The minimum absolute atomic E-state index is 0.0171. The van der Waals surface area contributed by atoms with Gasteiger partial charge in [-0.15, -0.1) is 0 Å². The molecular formula is C18H22N2O. The SMILES string of the molecule is NCC1CCCC1CNC(=O)c1ccc2ccccc2c1. The first-order valence-corrected chi connectivity index (χ1v) is 7.75. The van der Waals surface area contributed by atoms with Gasteiger partial charge in [-0.25, -0.2) is 0 Å². The van der Waals surface area contributed by atoms with Crippen LogP contribution in [-0.4, -0.2) is 19.0 Å². The van der Waals surface area contributed by atoms with Crippen molar-refractivity contribution in [1.82, 2.24) is 5.32 Å². The van der Waals surface area contributed by atoms with Gasteiger partial charge in [0.2, 0.25) is 0 Å². The molecular weight excluding hydrogens is 260 g/mol. The second-order valence-corrected chi connectivity index (χ2v) is 5.96. The minimum Gasteiger partial charge on any atom is -0.352 e. The first-order valence-electron chi connectivity index (χ1n) is 7.75. The fourth-order valence-corrected chi connectivity index (χ4v) is 3.35. The molecule has 2 unspecified atom stereocenters.